The van der Waals surface area contributed by atoms with Crippen LogP contribution in [0.3, 0.4) is 0 Å². The van der Waals surface area contributed by atoms with E-state index in [1.54, 1.807) is 36.4 Å². The van der Waals surface area contributed by atoms with Crippen LogP contribution in [0.15, 0.2) is 57.9 Å². The summed E-state index contributed by atoms with van der Waals surface area (Å²) in [6, 6.07) is 13.6. The van der Waals surface area contributed by atoms with Gasteiger partial charge in [0.25, 0.3) is 11.8 Å². The molecule has 0 radical (unpaired) electrons. The van der Waals surface area contributed by atoms with E-state index in [-0.39, 0.29) is 17.9 Å². The lowest BCUT2D eigenvalue weighted by Crippen LogP contribution is -2.36. The molecule has 0 fully saturated rings. The fourth-order valence-corrected chi connectivity index (χ4v) is 2.71. The van der Waals surface area contributed by atoms with E-state index < -0.39 is 5.91 Å². The van der Waals surface area contributed by atoms with E-state index >= 15 is 0 Å². The second kappa shape index (κ2) is 10.0. The molecule has 0 saturated carbocycles. The Morgan fingerprint density at radius 3 is 2.23 bits per heavy atom. The molecule has 2 amide bonds. The summed E-state index contributed by atoms with van der Waals surface area (Å²) in [5.41, 5.74) is 8.08. The van der Waals surface area contributed by atoms with Crippen LogP contribution in [0.2, 0.25) is 0 Å². The first kappa shape index (κ1) is 22.4. The highest BCUT2D eigenvalue weighted by Gasteiger charge is 2.11. The number of benzene rings is 2. The lowest BCUT2D eigenvalue weighted by Gasteiger charge is -2.09. The molecule has 0 atom stereocenters. The number of carbonyl (C=O) groups is 2. The molecule has 0 unspecified atom stereocenters. The number of nitrogens with one attached hydrogen (secondary N) is 3. The van der Waals surface area contributed by atoms with E-state index in [9.17, 15) is 9.59 Å². The van der Waals surface area contributed by atoms with Crippen LogP contribution in [0.25, 0.3) is 11.0 Å². The zero-order chi connectivity index (χ0) is 22.3. The molecule has 0 aliphatic carbocycles. The van der Waals surface area contributed by atoms with Crippen LogP contribution in [0.4, 0.5) is 5.69 Å². The molecule has 1 aromatic heterocycles. The highest BCUT2D eigenvalue weighted by atomic mass is 16.3. The summed E-state index contributed by atoms with van der Waals surface area (Å²) in [5, 5.41) is 11.8. The number of fused-ring (bicyclic) bond motifs is 1. The van der Waals surface area contributed by atoms with Crippen molar-refractivity contribution in [3.05, 3.63) is 65.4 Å². The van der Waals surface area contributed by atoms with Gasteiger partial charge >= 0.3 is 0 Å². The molecule has 156 valence electrons. The number of aliphatic imine (C=N–C) groups is 1. The molecular formula is C22H25N5O3. The number of guanidine groups is 1. The molecule has 30 heavy (non-hydrogen) atoms. The molecule has 0 aliphatic heterocycles. The summed E-state index contributed by atoms with van der Waals surface area (Å²) >= 11 is 0. The van der Waals surface area contributed by atoms with Crippen LogP contribution in [0.5, 0.6) is 0 Å². The maximum absolute atomic E-state index is 12.3. The van der Waals surface area contributed by atoms with Crippen LogP contribution in [0.1, 0.15) is 40.3 Å². The van der Waals surface area contributed by atoms with Crippen molar-refractivity contribution in [2.75, 3.05) is 0 Å². The predicted octanol–water partition coefficient (Wildman–Crippen LogP) is 3.52. The minimum atomic E-state index is -0.405. The molecule has 8 heteroatoms. The van der Waals surface area contributed by atoms with Gasteiger partial charge < -0.3 is 20.9 Å². The van der Waals surface area contributed by atoms with Crippen LogP contribution >= 0.6 is 0 Å². The first-order valence-electron chi connectivity index (χ1n) is 9.24. The van der Waals surface area contributed by atoms with Gasteiger partial charge in [-0.05, 0) is 76.0 Å². The fraction of sp³-hybridized carbons (Fsp3) is 0.182. The fourth-order valence-electron chi connectivity index (χ4n) is 2.71. The highest BCUT2D eigenvalue weighted by Crippen LogP contribution is 2.24. The van der Waals surface area contributed by atoms with Crippen LogP contribution in [-0.4, -0.2) is 30.5 Å². The normalized spacial score (nSPS) is 11.0. The number of carbonyl (C=O) groups excluding carboxylic acids is 2. The van der Waals surface area contributed by atoms with E-state index in [0.29, 0.717) is 16.8 Å². The summed E-state index contributed by atoms with van der Waals surface area (Å²) in [5.74, 6) is 0.194. The van der Waals surface area contributed by atoms with Crippen molar-refractivity contribution in [2.24, 2.45) is 10.7 Å². The molecular weight excluding hydrogens is 382 g/mol. The molecule has 0 spiro atoms. The van der Waals surface area contributed by atoms with Crippen LogP contribution in [-0.2, 0) is 0 Å². The lowest BCUT2D eigenvalue weighted by atomic mass is 10.1. The summed E-state index contributed by atoms with van der Waals surface area (Å²) < 4.78 is 5.52. The van der Waals surface area contributed by atoms with E-state index in [0.717, 1.165) is 16.7 Å². The Bertz CT molecular complexity index is 1070. The van der Waals surface area contributed by atoms with Gasteiger partial charge in [0, 0.05) is 22.6 Å². The topological polar surface area (TPSA) is 134 Å². The van der Waals surface area contributed by atoms with E-state index in [4.69, 9.17) is 15.6 Å². The van der Waals surface area contributed by atoms with Gasteiger partial charge in [-0.1, -0.05) is 0 Å². The average Bonchev–Trinajstić information content (AvgIpc) is 3.08. The average molecular weight is 407 g/mol. The standard InChI is InChI=1S/C21H22N4O3.CH3N/c1-12(2)23-19(26)14-4-6-15(7-5-14)20(27)25-21(22)24-17-8-9-18-16(11-17)10-13(3)28-18;1-2/h4-12H,1-3H3,(H,23,26)(H3,22,24,25,27);2H,1H2. The summed E-state index contributed by atoms with van der Waals surface area (Å²) in [4.78, 5) is 28.5. The summed E-state index contributed by atoms with van der Waals surface area (Å²) in [7, 11) is 0. The van der Waals surface area contributed by atoms with E-state index in [2.05, 4.69) is 22.3 Å². The number of hydrogen-bond acceptors (Lipinski definition) is 5. The quantitative estimate of drug-likeness (QED) is 0.389. The first-order chi connectivity index (χ1) is 14.3. The maximum Gasteiger partial charge on any atom is 0.257 e. The van der Waals surface area contributed by atoms with Gasteiger partial charge in [0.1, 0.15) is 11.3 Å². The van der Waals surface area contributed by atoms with Gasteiger partial charge in [0.15, 0.2) is 0 Å². The van der Waals surface area contributed by atoms with Crippen molar-refractivity contribution in [3.63, 3.8) is 0 Å². The van der Waals surface area contributed by atoms with Gasteiger partial charge in [-0.15, -0.1) is 0 Å². The first-order valence-corrected chi connectivity index (χ1v) is 9.24. The van der Waals surface area contributed by atoms with Crippen molar-refractivity contribution in [1.29, 1.82) is 5.41 Å². The van der Waals surface area contributed by atoms with Crippen molar-refractivity contribution < 1.29 is 14.0 Å². The van der Waals surface area contributed by atoms with Crippen molar-refractivity contribution in [1.82, 2.24) is 10.6 Å². The summed E-state index contributed by atoms with van der Waals surface area (Å²) in [6.07, 6.45) is 0. The van der Waals surface area contributed by atoms with Crippen LogP contribution < -0.4 is 16.4 Å². The van der Waals surface area contributed by atoms with Gasteiger partial charge in [0.05, 0.1) is 5.69 Å². The number of rotatable bonds is 4. The largest absolute Gasteiger partial charge is 0.461 e. The summed E-state index contributed by atoms with van der Waals surface area (Å²) in [6.45, 7) is 8.13. The molecule has 0 bridgehead atoms. The highest BCUT2D eigenvalue weighted by molar-refractivity contribution is 6.06. The van der Waals surface area contributed by atoms with Crippen LogP contribution in [0, 0.1) is 12.3 Å². The molecule has 8 nitrogen and oxygen atoms in total. The Morgan fingerprint density at radius 1 is 1.03 bits per heavy atom. The predicted molar refractivity (Wildman–Crippen MR) is 119 cm³/mol. The monoisotopic (exact) mass is 407 g/mol. The molecule has 2 aromatic carbocycles. The second-order valence-corrected chi connectivity index (χ2v) is 6.74. The number of furan rings is 1. The Hall–Kier alpha value is -3.94. The third kappa shape index (κ3) is 5.78. The van der Waals surface area contributed by atoms with Crippen molar-refractivity contribution in [2.45, 2.75) is 26.8 Å². The number of amides is 2. The van der Waals surface area contributed by atoms with E-state index in [1.807, 2.05) is 32.9 Å². The maximum atomic E-state index is 12.3. The molecule has 3 aromatic rings. The van der Waals surface area contributed by atoms with Gasteiger partial charge in [-0.25, -0.2) is 4.99 Å². The van der Waals surface area contributed by atoms with Crippen molar-refractivity contribution >= 4 is 41.1 Å². The SMILES string of the molecule is C=N.Cc1cc2cc(N=C(N)NC(=O)c3ccc(C(=O)NC(C)C)cc3)ccc2o1. The van der Waals surface area contributed by atoms with Gasteiger partial charge in [-0.3, -0.25) is 14.9 Å². The Morgan fingerprint density at radius 2 is 1.63 bits per heavy atom. The number of aryl methyl sites for hydroxylation is 1. The molecule has 3 rings (SSSR count). The minimum absolute atomic E-state index is 0.0220. The van der Waals surface area contributed by atoms with Crippen molar-refractivity contribution in [3.8, 4) is 0 Å². The number of nitrogens with two attached hydrogens (primary N) is 1. The van der Waals surface area contributed by atoms with Gasteiger partial charge in [-0.2, -0.15) is 0 Å². The molecule has 1 heterocycles. The number of hydrogen-bond donors (Lipinski definition) is 4. The Balaban J connectivity index is 0.00000155. The molecule has 5 N–H and O–H groups in total. The van der Waals surface area contributed by atoms with Gasteiger partial charge in [0.2, 0.25) is 5.96 Å². The third-order valence-electron chi connectivity index (χ3n) is 3.94. The molecule has 0 aliphatic rings. The third-order valence-corrected chi connectivity index (χ3v) is 3.94. The Kier molecular flexibility index (Phi) is 7.46. The molecule has 0 saturated heterocycles. The minimum Gasteiger partial charge on any atom is -0.461 e. The van der Waals surface area contributed by atoms with E-state index in [1.165, 1.54) is 0 Å². The zero-order valence-electron chi connectivity index (χ0n) is 17.2. The lowest BCUT2D eigenvalue weighted by molar-refractivity contribution is 0.0939. The number of nitrogens with zero attached hydrogens (tertiary/aromatic N) is 1. The zero-order valence-corrected chi connectivity index (χ0v) is 17.2. The smallest absolute Gasteiger partial charge is 0.257 e. The second-order valence-electron chi connectivity index (χ2n) is 6.74. The Labute approximate surface area is 174 Å².